The van der Waals surface area contributed by atoms with Crippen LogP contribution in [0, 0.1) is 0 Å². The maximum Gasteiger partial charge on any atom is 0.145 e. The van der Waals surface area contributed by atoms with E-state index in [2.05, 4.69) is 4.98 Å². The van der Waals surface area contributed by atoms with E-state index in [4.69, 9.17) is 10.5 Å². The number of pyridine rings is 1. The summed E-state index contributed by atoms with van der Waals surface area (Å²) >= 11 is 0. The van der Waals surface area contributed by atoms with Crippen LogP contribution in [0.3, 0.4) is 0 Å². The molecule has 0 spiro atoms. The molecule has 2 N–H and O–H groups in total. The van der Waals surface area contributed by atoms with E-state index in [9.17, 15) is 0 Å². The van der Waals surface area contributed by atoms with Crippen LogP contribution in [0.4, 0.5) is 0 Å². The van der Waals surface area contributed by atoms with Crippen LogP contribution in [-0.4, -0.2) is 12.1 Å². The van der Waals surface area contributed by atoms with E-state index in [1.54, 1.807) is 13.3 Å². The normalized spacial score (nSPS) is 9.33. The van der Waals surface area contributed by atoms with E-state index in [1.807, 2.05) is 50.2 Å². The standard InChI is InChI=1S/C13H14N2O.C2H6/c1-16-12-3-2-8-15-13(12)11-6-4-10(9-14)5-7-11;1-2/h2-8H,9,14H2,1H3;1-2H3. The van der Waals surface area contributed by atoms with Crippen LogP contribution in [0.15, 0.2) is 42.6 Å². The second kappa shape index (κ2) is 7.45. The van der Waals surface area contributed by atoms with E-state index < -0.39 is 0 Å². The first kappa shape index (κ1) is 14.2. The van der Waals surface area contributed by atoms with E-state index >= 15 is 0 Å². The Morgan fingerprint density at radius 1 is 1.11 bits per heavy atom. The zero-order valence-electron chi connectivity index (χ0n) is 11.2. The average Bonchev–Trinajstić information content (AvgIpc) is 2.49. The lowest BCUT2D eigenvalue weighted by atomic mass is 10.1. The Hall–Kier alpha value is -1.87. The van der Waals surface area contributed by atoms with Crippen LogP contribution in [0.25, 0.3) is 11.3 Å². The molecular formula is C15H20N2O. The van der Waals surface area contributed by atoms with Gasteiger partial charge in [-0.25, -0.2) is 0 Å². The number of nitrogens with two attached hydrogens (primary N) is 1. The fourth-order valence-electron chi connectivity index (χ4n) is 1.57. The van der Waals surface area contributed by atoms with Crippen molar-refractivity contribution >= 4 is 0 Å². The van der Waals surface area contributed by atoms with Gasteiger partial charge < -0.3 is 10.5 Å². The van der Waals surface area contributed by atoms with Gasteiger partial charge in [0, 0.05) is 18.3 Å². The second-order valence-electron chi connectivity index (χ2n) is 3.46. The smallest absolute Gasteiger partial charge is 0.145 e. The first-order valence-corrected chi connectivity index (χ1v) is 6.13. The minimum Gasteiger partial charge on any atom is -0.494 e. The van der Waals surface area contributed by atoms with Crippen LogP contribution in [0.5, 0.6) is 5.75 Å². The maximum absolute atomic E-state index is 5.55. The summed E-state index contributed by atoms with van der Waals surface area (Å²) in [4.78, 5) is 4.32. The van der Waals surface area contributed by atoms with Gasteiger partial charge in [-0.15, -0.1) is 0 Å². The maximum atomic E-state index is 5.55. The lowest BCUT2D eigenvalue weighted by Gasteiger charge is -2.07. The highest BCUT2D eigenvalue weighted by molar-refractivity contribution is 5.66. The first-order valence-electron chi connectivity index (χ1n) is 6.13. The predicted molar refractivity (Wildman–Crippen MR) is 75.5 cm³/mol. The Bertz CT molecular complexity index is 466. The Kier molecular flexibility index (Phi) is 5.88. The van der Waals surface area contributed by atoms with Crippen molar-refractivity contribution in [1.29, 1.82) is 0 Å². The predicted octanol–water partition coefficient (Wildman–Crippen LogP) is 3.24. The lowest BCUT2D eigenvalue weighted by Crippen LogP contribution is -1.96. The largest absolute Gasteiger partial charge is 0.494 e. The van der Waals surface area contributed by atoms with Crippen molar-refractivity contribution in [2.75, 3.05) is 7.11 Å². The SMILES string of the molecule is CC.COc1cccnc1-c1ccc(CN)cc1. The summed E-state index contributed by atoms with van der Waals surface area (Å²) in [5.74, 6) is 0.781. The molecule has 0 amide bonds. The first-order chi connectivity index (χ1) is 8.85. The van der Waals surface area contributed by atoms with Crippen molar-refractivity contribution in [2.24, 2.45) is 5.73 Å². The lowest BCUT2D eigenvalue weighted by molar-refractivity contribution is 0.415. The third-order valence-corrected chi connectivity index (χ3v) is 2.45. The second-order valence-corrected chi connectivity index (χ2v) is 3.46. The molecule has 0 radical (unpaired) electrons. The van der Waals surface area contributed by atoms with E-state index in [-0.39, 0.29) is 0 Å². The number of hydrogen-bond acceptors (Lipinski definition) is 3. The van der Waals surface area contributed by atoms with Crippen molar-refractivity contribution in [3.8, 4) is 17.0 Å². The van der Waals surface area contributed by atoms with Gasteiger partial charge in [-0.1, -0.05) is 38.1 Å². The molecule has 2 aromatic rings. The summed E-state index contributed by atoms with van der Waals surface area (Å²) in [6.45, 7) is 4.56. The van der Waals surface area contributed by atoms with E-state index in [0.717, 1.165) is 22.6 Å². The molecule has 0 saturated carbocycles. The summed E-state index contributed by atoms with van der Waals surface area (Å²) in [5, 5.41) is 0. The molecule has 1 heterocycles. The monoisotopic (exact) mass is 244 g/mol. The molecule has 0 saturated heterocycles. The van der Waals surface area contributed by atoms with E-state index in [1.165, 1.54) is 0 Å². The zero-order chi connectivity index (χ0) is 13.4. The van der Waals surface area contributed by atoms with Crippen molar-refractivity contribution in [2.45, 2.75) is 20.4 Å². The molecule has 0 aliphatic heterocycles. The highest BCUT2D eigenvalue weighted by Gasteiger charge is 2.05. The molecule has 1 aromatic carbocycles. The number of nitrogens with zero attached hydrogens (tertiary/aromatic N) is 1. The van der Waals surface area contributed by atoms with Gasteiger partial charge in [-0.05, 0) is 17.7 Å². The highest BCUT2D eigenvalue weighted by Crippen LogP contribution is 2.26. The molecule has 0 bridgehead atoms. The number of rotatable bonds is 3. The third-order valence-electron chi connectivity index (χ3n) is 2.45. The van der Waals surface area contributed by atoms with Gasteiger partial charge in [-0.2, -0.15) is 0 Å². The van der Waals surface area contributed by atoms with Crippen molar-refractivity contribution in [3.63, 3.8) is 0 Å². The van der Waals surface area contributed by atoms with Crippen molar-refractivity contribution in [3.05, 3.63) is 48.2 Å². The minimum absolute atomic E-state index is 0.555. The molecule has 3 nitrogen and oxygen atoms in total. The summed E-state index contributed by atoms with van der Waals surface area (Å²) < 4.78 is 5.27. The molecular weight excluding hydrogens is 224 g/mol. The molecule has 0 atom stereocenters. The Balaban J connectivity index is 0.000000771. The summed E-state index contributed by atoms with van der Waals surface area (Å²) in [7, 11) is 1.65. The van der Waals surface area contributed by atoms with Crippen LogP contribution in [0.2, 0.25) is 0 Å². The van der Waals surface area contributed by atoms with Gasteiger partial charge in [0.25, 0.3) is 0 Å². The Labute approximate surface area is 109 Å². The molecule has 1 aromatic heterocycles. The molecule has 0 aliphatic rings. The molecule has 0 fully saturated rings. The van der Waals surface area contributed by atoms with E-state index in [0.29, 0.717) is 6.54 Å². The summed E-state index contributed by atoms with van der Waals surface area (Å²) in [6.07, 6.45) is 1.76. The van der Waals surface area contributed by atoms with Gasteiger partial charge >= 0.3 is 0 Å². The van der Waals surface area contributed by atoms with Gasteiger partial charge in [0.2, 0.25) is 0 Å². The number of methoxy groups -OCH3 is 1. The van der Waals surface area contributed by atoms with Crippen LogP contribution < -0.4 is 10.5 Å². The van der Waals surface area contributed by atoms with Crippen LogP contribution in [-0.2, 0) is 6.54 Å². The molecule has 3 heteroatoms. The van der Waals surface area contributed by atoms with Crippen molar-refractivity contribution < 1.29 is 4.74 Å². The highest BCUT2D eigenvalue weighted by atomic mass is 16.5. The fourth-order valence-corrected chi connectivity index (χ4v) is 1.57. The van der Waals surface area contributed by atoms with Crippen LogP contribution in [0.1, 0.15) is 19.4 Å². The number of ether oxygens (including phenoxy) is 1. The molecule has 0 unspecified atom stereocenters. The van der Waals surface area contributed by atoms with Gasteiger partial charge in [-0.3, -0.25) is 4.98 Å². The van der Waals surface area contributed by atoms with Gasteiger partial charge in [0.1, 0.15) is 11.4 Å². The molecule has 0 aliphatic carbocycles. The fraction of sp³-hybridized carbons (Fsp3) is 0.267. The van der Waals surface area contributed by atoms with Crippen LogP contribution >= 0.6 is 0 Å². The van der Waals surface area contributed by atoms with Crippen molar-refractivity contribution in [1.82, 2.24) is 4.98 Å². The Morgan fingerprint density at radius 2 is 1.78 bits per heavy atom. The molecule has 18 heavy (non-hydrogen) atoms. The third kappa shape index (κ3) is 3.31. The number of hydrogen-bond donors (Lipinski definition) is 1. The Morgan fingerprint density at radius 3 is 2.33 bits per heavy atom. The summed E-state index contributed by atoms with van der Waals surface area (Å²) in [6, 6.07) is 11.8. The average molecular weight is 244 g/mol. The summed E-state index contributed by atoms with van der Waals surface area (Å²) in [5.41, 5.74) is 8.56. The number of aromatic nitrogens is 1. The molecule has 2 rings (SSSR count). The van der Waals surface area contributed by atoms with Gasteiger partial charge in [0.05, 0.1) is 7.11 Å². The topological polar surface area (TPSA) is 48.1 Å². The minimum atomic E-state index is 0.555. The molecule has 96 valence electrons. The zero-order valence-corrected chi connectivity index (χ0v) is 11.2. The van der Waals surface area contributed by atoms with Gasteiger partial charge in [0.15, 0.2) is 0 Å². The number of benzene rings is 1. The quantitative estimate of drug-likeness (QED) is 0.901.